The van der Waals surface area contributed by atoms with Gasteiger partial charge in [0, 0.05) is 12.3 Å². The largest absolute Gasteiger partial charge is 0.393 e. The third kappa shape index (κ3) is 1.93. The van der Waals surface area contributed by atoms with Crippen molar-refractivity contribution < 1.29 is 9.90 Å². The molecule has 0 aromatic carbocycles. The third-order valence-electron chi connectivity index (χ3n) is 3.64. The van der Waals surface area contributed by atoms with Crippen LogP contribution in [0.25, 0.3) is 0 Å². The van der Waals surface area contributed by atoms with Crippen molar-refractivity contribution in [3.63, 3.8) is 0 Å². The summed E-state index contributed by atoms with van der Waals surface area (Å²) in [6.45, 7) is 8.15. The molecule has 0 spiro atoms. The van der Waals surface area contributed by atoms with E-state index >= 15 is 0 Å². The van der Waals surface area contributed by atoms with E-state index in [9.17, 15) is 9.90 Å². The highest BCUT2D eigenvalue weighted by Gasteiger charge is 2.46. The smallest absolute Gasteiger partial charge is 0.136 e. The summed E-state index contributed by atoms with van der Waals surface area (Å²) in [5.74, 6) is 0.838. The van der Waals surface area contributed by atoms with E-state index in [4.69, 9.17) is 0 Å². The molecule has 0 amide bonds. The number of carbonyl (C=O) groups is 1. The lowest BCUT2D eigenvalue weighted by Gasteiger charge is -2.30. The highest BCUT2D eigenvalue weighted by atomic mass is 16.3. The average molecular weight is 184 g/mol. The van der Waals surface area contributed by atoms with Crippen LogP contribution in [0.5, 0.6) is 0 Å². The van der Waals surface area contributed by atoms with Crippen molar-refractivity contribution in [2.45, 2.75) is 46.6 Å². The summed E-state index contributed by atoms with van der Waals surface area (Å²) in [6.07, 6.45) is 0.944. The molecule has 76 valence electrons. The molecule has 1 aliphatic carbocycles. The quantitative estimate of drug-likeness (QED) is 0.712. The van der Waals surface area contributed by atoms with Crippen LogP contribution >= 0.6 is 0 Å². The van der Waals surface area contributed by atoms with Crippen molar-refractivity contribution in [1.29, 1.82) is 0 Å². The van der Waals surface area contributed by atoms with E-state index in [0.29, 0.717) is 24.5 Å². The van der Waals surface area contributed by atoms with Crippen LogP contribution in [0.3, 0.4) is 0 Å². The molecule has 1 fully saturated rings. The normalized spacial score (nSPS) is 35.0. The molecular formula is C11H20O2. The Kier molecular flexibility index (Phi) is 2.81. The zero-order chi connectivity index (χ0) is 10.2. The van der Waals surface area contributed by atoms with E-state index in [-0.39, 0.29) is 17.4 Å². The first-order valence-corrected chi connectivity index (χ1v) is 5.06. The number of ketones is 1. The van der Waals surface area contributed by atoms with E-state index < -0.39 is 0 Å². The lowest BCUT2D eigenvalue weighted by atomic mass is 9.74. The maximum absolute atomic E-state index is 11.6. The van der Waals surface area contributed by atoms with E-state index in [2.05, 4.69) is 20.8 Å². The summed E-state index contributed by atoms with van der Waals surface area (Å²) in [7, 11) is 0. The molecule has 1 aliphatic rings. The van der Waals surface area contributed by atoms with Crippen molar-refractivity contribution in [3.8, 4) is 0 Å². The molecule has 2 nitrogen and oxygen atoms in total. The Morgan fingerprint density at radius 3 is 2.46 bits per heavy atom. The highest BCUT2D eigenvalue weighted by Crippen LogP contribution is 2.46. The van der Waals surface area contributed by atoms with E-state index in [1.807, 2.05) is 0 Å². The third-order valence-corrected chi connectivity index (χ3v) is 3.64. The molecule has 0 heterocycles. The van der Waals surface area contributed by atoms with Crippen molar-refractivity contribution in [2.75, 3.05) is 0 Å². The summed E-state index contributed by atoms with van der Waals surface area (Å²) >= 11 is 0. The lowest BCUT2D eigenvalue weighted by Crippen LogP contribution is -2.28. The first-order chi connectivity index (χ1) is 5.85. The van der Waals surface area contributed by atoms with Crippen molar-refractivity contribution in [1.82, 2.24) is 0 Å². The fraction of sp³-hybridized carbons (Fsp3) is 0.909. The van der Waals surface area contributed by atoms with Crippen LogP contribution in [-0.2, 0) is 4.79 Å². The summed E-state index contributed by atoms with van der Waals surface area (Å²) in [5, 5.41) is 9.30. The number of hydrogen-bond donors (Lipinski definition) is 1. The van der Waals surface area contributed by atoms with Gasteiger partial charge in [-0.25, -0.2) is 0 Å². The molecule has 3 unspecified atom stereocenters. The Bertz CT molecular complexity index is 206. The first kappa shape index (κ1) is 10.7. The van der Waals surface area contributed by atoms with Crippen LogP contribution < -0.4 is 0 Å². The predicted octanol–water partition coefficient (Wildman–Crippen LogP) is 2.01. The second-order valence-electron chi connectivity index (χ2n) is 5.03. The number of rotatable bonds is 2. The zero-order valence-corrected chi connectivity index (χ0v) is 9.00. The molecule has 1 saturated carbocycles. The number of carbonyl (C=O) groups excluding carboxylic acids is 1. The maximum atomic E-state index is 11.6. The van der Waals surface area contributed by atoms with Gasteiger partial charge in [0.25, 0.3) is 0 Å². The van der Waals surface area contributed by atoms with Crippen molar-refractivity contribution >= 4 is 5.78 Å². The van der Waals surface area contributed by atoms with Crippen LogP contribution in [0, 0.1) is 17.3 Å². The average Bonchev–Trinajstić information content (AvgIpc) is 2.13. The lowest BCUT2D eigenvalue weighted by molar-refractivity contribution is -0.123. The van der Waals surface area contributed by atoms with Gasteiger partial charge in [-0.3, -0.25) is 4.79 Å². The van der Waals surface area contributed by atoms with Gasteiger partial charge < -0.3 is 5.11 Å². The molecule has 0 aromatic rings. The van der Waals surface area contributed by atoms with E-state index in [1.165, 1.54) is 0 Å². The van der Waals surface area contributed by atoms with Crippen LogP contribution in [0.1, 0.15) is 40.5 Å². The molecule has 3 atom stereocenters. The second-order valence-corrected chi connectivity index (χ2v) is 5.03. The molecule has 0 bridgehead atoms. The molecular weight excluding hydrogens is 164 g/mol. The number of aliphatic hydroxyl groups excluding tert-OH is 1. The number of Topliss-reactive ketones (excluding diaryl/α,β-unsaturated/α-hetero) is 1. The highest BCUT2D eigenvalue weighted by molar-refractivity contribution is 5.84. The Balaban J connectivity index is 2.76. The SMILES string of the molecule is CC(O)CC1C(=O)CC(C)C1(C)C. The standard InChI is InChI=1S/C11H20O2/c1-7-5-10(13)9(6-8(2)12)11(7,3)4/h7-9,12H,5-6H2,1-4H3. The molecule has 0 aliphatic heterocycles. The van der Waals surface area contributed by atoms with Gasteiger partial charge in [0.1, 0.15) is 5.78 Å². The number of hydrogen-bond acceptors (Lipinski definition) is 2. The van der Waals surface area contributed by atoms with Gasteiger partial charge in [0.05, 0.1) is 6.10 Å². The van der Waals surface area contributed by atoms with E-state index in [1.54, 1.807) is 6.92 Å². The minimum absolute atomic E-state index is 0.0579. The van der Waals surface area contributed by atoms with Gasteiger partial charge in [-0.2, -0.15) is 0 Å². The molecule has 13 heavy (non-hydrogen) atoms. The molecule has 0 radical (unpaired) electrons. The summed E-state index contributed by atoms with van der Waals surface area (Å²) < 4.78 is 0. The molecule has 0 aromatic heterocycles. The minimum atomic E-state index is -0.362. The number of aliphatic hydroxyl groups is 1. The van der Waals surface area contributed by atoms with Gasteiger partial charge in [0.15, 0.2) is 0 Å². The van der Waals surface area contributed by atoms with Crippen molar-refractivity contribution in [3.05, 3.63) is 0 Å². The Morgan fingerprint density at radius 2 is 2.15 bits per heavy atom. The summed E-state index contributed by atoms with van der Waals surface area (Å²) in [4.78, 5) is 11.6. The Hall–Kier alpha value is -0.370. The van der Waals surface area contributed by atoms with Crippen molar-refractivity contribution in [2.24, 2.45) is 17.3 Å². The van der Waals surface area contributed by atoms with Crippen LogP contribution in [0.4, 0.5) is 0 Å². The van der Waals surface area contributed by atoms with Crippen LogP contribution in [0.15, 0.2) is 0 Å². The molecule has 0 saturated heterocycles. The summed E-state index contributed by atoms with van der Waals surface area (Å²) in [5.41, 5.74) is 0.0636. The van der Waals surface area contributed by atoms with Gasteiger partial charge in [-0.15, -0.1) is 0 Å². The monoisotopic (exact) mass is 184 g/mol. The van der Waals surface area contributed by atoms with E-state index in [0.717, 1.165) is 0 Å². The predicted molar refractivity (Wildman–Crippen MR) is 52.4 cm³/mol. The Morgan fingerprint density at radius 1 is 1.62 bits per heavy atom. The van der Waals surface area contributed by atoms with Gasteiger partial charge >= 0.3 is 0 Å². The zero-order valence-electron chi connectivity index (χ0n) is 9.00. The second kappa shape index (κ2) is 3.41. The first-order valence-electron chi connectivity index (χ1n) is 5.06. The minimum Gasteiger partial charge on any atom is -0.393 e. The molecule has 1 rings (SSSR count). The topological polar surface area (TPSA) is 37.3 Å². The molecule has 2 heteroatoms. The maximum Gasteiger partial charge on any atom is 0.136 e. The van der Waals surface area contributed by atoms with Crippen LogP contribution in [-0.4, -0.2) is 17.0 Å². The van der Waals surface area contributed by atoms with Crippen LogP contribution in [0.2, 0.25) is 0 Å². The summed E-state index contributed by atoms with van der Waals surface area (Å²) in [6, 6.07) is 0. The fourth-order valence-electron chi connectivity index (χ4n) is 2.24. The van der Waals surface area contributed by atoms with Gasteiger partial charge in [-0.05, 0) is 24.7 Å². The molecule has 1 N–H and O–H groups in total. The fourth-order valence-corrected chi connectivity index (χ4v) is 2.24. The Labute approximate surface area is 80.3 Å². The van der Waals surface area contributed by atoms with Gasteiger partial charge in [-0.1, -0.05) is 20.8 Å². The van der Waals surface area contributed by atoms with Gasteiger partial charge in [0.2, 0.25) is 0 Å².